The number of benzene rings is 1. The number of carbonyl (C=O) groups excluding carboxylic acids is 2. The zero-order valence-corrected chi connectivity index (χ0v) is 18.0. The van der Waals surface area contributed by atoms with Gasteiger partial charge in [0.1, 0.15) is 11.8 Å². The van der Waals surface area contributed by atoms with E-state index in [1.807, 2.05) is 26.0 Å². The van der Waals surface area contributed by atoms with E-state index >= 15 is 0 Å². The van der Waals surface area contributed by atoms with Crippen molar-refractivity contribution in [2.45, 2.75) is 52.0 Å². The van der Waals surface area contributed by atoms with Crippen LogP contribution in [0.4, 0.5) is 0 Å². The molecule has 2 heterocycles. The molecular weight excluding hydrogens is 386 g/mol. The second-order valence-electron chi connectivity index (χ2n) is 7.22. The first-order valence-corrected chi connectivity index (χ1v) is 11.2. The number of ether oxygens (including phenoxy) is 1. The Kier molecular flexibility index (Phi) is 7.63. The van der Waals surface area contributed by atoms with Crippen molar-refractivity contribution >= 4 is 23.2 Å². The van der Waals surface area contributed by atoms with Crippen LogP contribution in [0.15, 0.2) is 29.6 Å². The number of carbonyl (C=O) groups is 2. The molecule has 7 heteroatoms. The highest BCUT2D eigenvalue weighted by molar-refractivity contribution is 7.09. The molecule has 3 rings (SSSR count). The predicted molar refractivity (Wildman–Crippen MR) is 114 cm³/mol. The molecule has 1 fully saturated rings. The Morgan fingerprint density at radius 3 is 2.90 bits per heavy atom. The molecule has 0 radical (unpaired) electrons. The zero-order valence-electron chi connectivity index (χ0n) is 17.1. The monoisotopic (exact) mass is 415 g/mol. The Balaban J connectivity index is 1.50. The molecule has 1 atom stereocenters. The van der Waals surface area contributed by atoms with Crippen molar-refractivity contribution in [3.05, 3.63) is 45.9 Å². The smallest absolute Gasteiger partial charge is 0.258 e. The first-order chi connectivity index (χ1) is 14.1. The molecule has 1 aromatic heterocycles. The summed E-state index contributed by atoms with van der Waals surface area (Å²) >= 11 is 1.69. The van der Waals surface area contributed by atoms with Crippen LogP contribution in [-0.4, -0.2) is 47.4 Å². The van der Waals surface area contributed by atoms with Crippen LogP contribution in [0.5, 0.6) is 5.75 Å². The van der Waals surface area contributed by atoms with Gasteiger partial charge in [-0.05, 0) is 58.1 Å². The van der Waals surface area contributed by atoms with Gasteiger partial charge in [0.2, 0.25) is 5.91 Å². The third-order valence-corrected chi connectivity index (χ3v) is 6.04. The first kappa shape index (κ1) is 21.3. The number of hydrogen-bond acceptors (Lipinski definition) is 5. The summed E-state index contributed by atoms with van der Waals surface area (Å²) in [5.74, 6) is 0.379. The summed E-state index contributed by atoms with van der Waals surface area (Å²) < 4.78 is 5.59. The van der Waals surface area contributed by atoms with Crippen molar-refractivity contribution in [2.75, 3.05) is 19.7 Å². The highest BCUT2D eigenvalue weighted by Crippen LogP contribution is 2.25. The molecule has 1 saturated heterocycles. The third kappa shape index (κ3) is 5.56. The Morgan fingerprint density at radius 2 is 2.14 bits per heavy atom. The summed E-state index contributed by atoms with van der Waals surface area (Å²) in [6.45, 7) is 5.61. The molecule has 0 bridgehead atoms. The number of unbranched alkanes of at least 4 members (excludes halogenated alkanes) is 1. The minimum atomic E-state index is -0.404. The maximum absolute atomic E-state index is 13.1. The number of hydrogen-bond donors (Lipinski definition) is 1. The van der Waals surface area contributed by atoms with E-state index in [4.69, 9.17) is 4.74 Å². The fourth-order valence-electron chi connectivity index (χ4n) is 3.61. The molecule has 1 N–H and O–H groups in total. The number of nitrogens with zero attached hydrogens (tertiary/aromatic N) is 2. The summed E-state index contributed by atoms with van der Waals surface area (Å²) in [4.78, 5) is 31.9. The number of amides is 2. The molecule has 1 aliphatic heterocycles. The summed E-state index contributed by atoms with van der Waals surface area (Å²) in [6.07, 6.45) is 4.37. The maximum Gasteiger partial charge on any atom is 0.258 e. The number of thiazole rings is 1. The first-order valence-electron chi connectivity index (χ1n) is 10.3. The summed E-state index contributed by atoms with van der Waals surface area (Å²) in [6, 6.07) is 6.83. The van der Waals surface area contributed by atoms with E-state index in [1.54, 1.807) is 28.4 Å². The van der Waals surface area contributed by atoms with Gasteiger partial charge in [-0.1, -0.05) is 12.1 Å². The van der Waals surface area contributed by atoms with Gasteiger partial charge < -0.3 is 15.0 Å². The topological polar surface area (TPSA) is 71.5 Å². The molecular formula is C22H29N3O3S. The summed E-state index contributed by atoms with van der Waals surface area (Å²) in [5, 5.41) is 6.22. The highest BCUT2D eigenvalue weighted by atomic mass is 32.1. The van der Waals surface area contributed by atoms with Crippen molar-refractivity contribution in [2.24, 2.45) is 0 Å². The second-order valence-corrected chi connectivity index (χ2v) is 8.16. The van der Waals surface area contributed by atoms with Crippen LogP contribution in [-0.2, 0) is 11.2 Å². The molecule has 29 heavy (non-hydrogen) atoms. The molecule has 156 valence electrons. The van der Waals surface area contributed by atoms with Crippen molar-refractivity contribution in [3.63, 3.8) is 0 Å². The Labute approximate surface area is 176 Å². The quantitative estimate of drug-likeness (QED) is 0.635. The lowest BCUT2D eigenvalue weighted by atomic mass is 10.1. The Bertz CT molecular complexity index is 836. The minimum absolute atomic E-state index is 0.0603. The number of rotatable bonds is 9. The van der Waals surface area contributed by atoms with Gasteiger partial charge >= 0.3 is 0 Å². The average molecular weight is 416 g/mol. The van der Waals surface area contributed by atoms with Crippen molar-refractivity contribution < 1.29 is 14.3 Å². The van der Waals surface area contributed by atoms with Crippen LogP contribution < -0.4 is 10.1 Å². The van der Waals surface area contributed by atoms with E-state index in [0.717, 1.165) is 36.4 Å². The van der Waals surface area contributed by atoms with Crippen LogP contribution >= 0.6 is 11.3 Å². The average Bonchev–Trinajstić information content (AvgIpc) is 3.37. The third-order valence-electron chi connectivity index (χ3n) is 5.02. The summed E-state index contributed by atoms with van der Waals surface area (Å²) in [7, 11) is 0. The minimum Gasteiger partial charge on any atom is -0.493 e. The zero-order chi connectivity index (χ0) is 20.6. The molecule has 0 aliphatic carbocycles. The lowest BCUT2D eigenvalue weighted by Gasteiger charge is -2.25. The Hall–Kier alpha value is -2.41. The standard InChI is InChI=1S/C22H29N3O3S/c1-3-28-19-11-5-4-9-17(19)22(27)25-14-8-10-18(25)21(26)23-13-7-6-12-20-24-16(2)15-29-20/h4-5,9,11,15,18H,3,6-8,10,12-14H2,1-2H3,(H,23,26). The lowest BCUT2D eigenvalue weighted by molar-refractivity contribution is -0.124. The van der Waals surface area contributed by atoms with Crippen LogP contribution in [0.25, 0.3) is 0 Å². The van der Waals surface area contributed by atoms with Crippen molar-refractivity contribution in [1.29, 1.82) is 0 Å². The SMILES string of the molecule is CCOc1ccccc1C(=O)N1CCCC1C(=O)NCCCCc1nc(C)cs1. The van der Waals surface area contributed by atoms with E-state index in [0.29, 0.717) is 37.4 Å². The van der Waals surface area contributed by atoms with Gasteiger partial charge in [0.05, 0.1) is 17.2 Å². The largest absolute Gasteiger partial charge is 0.493 e. The van der Waals surface area contributed by atoms with Gasteiger partial charge in [0.25, 0.3) is 5.91 Å². The highest BCUT2D eigenvalue weighted by Gasteiger charge is 2.35. The second kappa shape index (κ2) is 10.4. The van der Waals surface area contributed by atoms with Gasteiger partial charge in [-0.2, -0.15) is 0 Å². The van der Waals surface area contributed by atoms with E-state index in [1.165, 1.54) is 0 Å². The number of para-hydroxylation sites is 1. The molecule has 0 saturated carbocycles. The number of aromatic nitrogens is 1. The molecule has 0 spiro atoms. The van der Waals surface area contributed by atoms with Gasteiger partial charge in [0.15, 0.2) is 0 Å². The molecule has 1 aromatic carbocycles. The van der Waals surface area contributed by atoms with E-state index in [-0.39, 0.29) is 11.8 Å². The number of likely N-dealkylation sites (tertiary alicyclic amines) is 1. The fraction of sp³-hybridized carbons (Fsp3) is 0.500. The molecule has 1 unspecified atom stereocenters. The predicted octanol–water partition coefficient (Wildman–Crippen LogP) is 3.59. The molecule has 1 aliphatic rings. The normalized spacial score (nSPS) is 16.1. The van der Waals surface area contributed by atoms with Crippen molar-refractivity contribution in [3.8, 4) is 5.75 Å². The van der Waals surface area contributed by atoms with Crippen molar-refractivity contribution in [1.82, 2.24) is 15.2 Å². The number of nitrogens with one attached hydrogen (secondary N) is 1. The van der Waals surface area contributed by atoms with E-state index < -0.39 is 6.04 Å². The molecule has 2 aromatic rings. The lowest BCUT2D eigenvalue weighted by Crippen LogP contribution is -2.46. The molecule has 2 amide bonds. The van der Waals surface area contributed by atoms with E-state index in [2.05, 4.69) is 15.7 Å². The van der Waals surface area contributed by atoms with Gasteiger partial charge in [-0.3, -0.25) is 9.59 Å². The van der Waals surface area contributed by atoms with E-state index in [9.17, 15) is 9.59 Å². The fourth-order valence-corrected chi connectivity index (χ4v) is 4.43. The van der Waals surface area contributed by atoms with Crippen LogP contribution in [0.2, 0.25) is 0 Å². The maximum atomic E-state index is 13.1. The van der Waals surface area contributed by atoms with Crippen LogP contribution in [0.1, 0.15) is 53.7 Å². The van der Waals surface area contributed by atoms with Gasteiger partial charge in [-0.15, -0.1) is 11.3 Å². The van der Waals surface area contributed by atoms with Crippen LogP contribution in [0.3, 0.4) is 0 Å². The van der Waals surface area contributed by atoms with Gasteiger partial charge in [0, 0.05) is 24.2 Å². The Morgan fingerprint density at radius 1 is 1.31 bits per heavy atom. The van der Waals surface area contributed by atoms with Gasteiger partial charge in [-0.25, -0.2) is 4.98 Å². The summed E-state index contributed by atoms with van der Waals surface area (Å²) in [5.41, 5.74) is 1.59. The van der Waals surface area contributed by atoms with Crippen LogP contribution in [0, 0.1) is 6.92 Å². The molecule has 6 nitrogen and oxygen atoms in total. The number of aryl methyl sites for hydroxylation is 2.